The lowest BCUT2D eigenvalue weighted by atomic mass is 10.0. The van der Waals surface area contributed by atoms with Gasteiger partial charge in [-0.15, -0.1) is 0 Å². The van der Waals surface area contributed by atoms with Crippen LogP contribution in [0.1, 0.15) is 5.56 Å². The predicted molar refractivity (Wildman–Crippen MR) is 63.4 cm³/mol. The van der Waals surface area contributed by atoms with Crippen LogP contribution in [0, 0.1) is 5.82 Å². The fourth-order valence-corrected chi connectivity index (χ4v) is 1.77. The number of rotatable bonds is 2. The van der Waals surface area contributed by atoms with E-state index in [4.69, 9.17) is 4.74 Å². The smallest absolute Gasteiger partial charge is 0.416 e. The highest BCUT2D eigenvalue weighted by molar-refractivity contribution is 5.71. The minimum absolute atomic E-state index is 0.0745. The molecule has 2 rings (SSSR count). The summed E-state index contributed by atoms with van der Waals surface area (Å²) in [7, 11) is 1.33. The topological polar surface area (TPSA) is 9.23 Å². The van der Waals surface area contributed by atoms with Crippen LogP contribution in [-0.4, -0.2) is 7.11 Å². The van der Waals surface area contributed by atoms with Crippen LogP contribution < -0.4 is 4.74 Å². The summed E-state index contributed by atoms with van der Waals surface area (Å²) < 4.78 is 56.7. The molecule has 0 aliphatic rings. The molecule has 0 fully saturated rings. The molecule has 5 heteroatoms. The van der Waals surface area contributed by atoms with Crippen molar-refractivity contribution in [2.24, 2.45) is 0 Å². The van der Waals surface area contributed by atoms with Gasteiger partial charge in [-0.1, -0.05) is 18.2 Å². The van der Waals surface area contributed by atoms with Gasteiger partial charge in [-0.2, -0.15) is 13.2 Å². The van der Waals surface area contributed by atoms with E-state index in [9.17, 15) is 17.6 Å². The standard InChI is InChI=1S/C14H10F4O/c1-19-13-7-6-9(14(16,17)18)8-11(13)10-4-2-3-5-12(10)15/h2-8H,1H3. The molecule has 0 saturated carbocycles. The lowest BCUT2D eigenvalue weighted by Gasteiger charge is -2.13. The lowest BCUT2D eigenvalue weighted by Crippen LogP contribution is -2.05. The van der Waals surface area contributed by atoms with Gasteiger partial charge in [0, 0.05) is 11.1 Å². The number of alkyl halides is 3. The van der Waals surface area contributed by atoms with Crippen LogP contribution in [0.3, 0.4) is 0 Å². The summed E-state index contributed by atoms with van der Waals surface area (Å²) in [5.74, 6) is -0.404. The fraction of sp³-hybridized carbons (Fsp3) is 0.143. The van der Waals surface area contributed by atoms with Crippen LogP contribution in [0.4, 0.5) is 17.6 Å². The van der Waals surface area contributed by atoms with Crippen molar-refractivity contribution in [3.8, 4) is 16.9 Å². The van der Waals surface area contributed by atoms with Gasteiger partial charge in [-0.3, -0.25) is 0 Å². The minimum Gasteiger partial charge on any atom is -0.496 e. The molecular weight excluding hydrogens is 260 g/mol. The number of ether oxygens (including phenoxy) is 1. The van der Waals surface area contributed by atoms with Gasteiger partial charge >= 0.3 is 6.18 Å². The molecule has 0 aliphatic heterocycles. The molecule has 0 N–H and O–H groups in total. The number of methoxy groups -OCH3 is 1. The molecule has 0 radical (unpaired) electrons. The zero-order valence-electron chi connectivity index (χ0n) is 9.96. The fourth-order valence-electron chi connectivity index (χ4n) is 1.77. The van der Waals surface area contributed by atoms with Crippen molar-refractivity contribution in [3.05, 3.63) is 53.8 Å². The van der Waals surface area contributed by atoms with Crippen molar-refractivity contribution in [1.29, 1.82) is 0 Å². The Balaban J connectivity index is 2.64. The summed E-state index contributed by atoms with van der Waals surface area (Å²) in [4.78, 5) is 0. The van der Waals surface area contributed by atoms with E-state index in [2.05, 4.69) is 0 Å². The first-order valence-corrected chi connectivity index (χ1v) is 5.43. The van der Waals surface area contributed by atoms with Crippen LogP contribution >= 0.6 is 0 Å². The van der Waals surface area contributed by atoms with E-state index in [-0.39, 0.29) is 16.9 Å². The number of benzene rings is 2. The van der Waals surface area contributed by atoms with E-state index in [1.54, 1.807) is 6.07 Å². The first-order valence-electron chi connectivity index (χ1n) is 5.43. The molecule has 0 bridgehead atoms. The third-order valence-corrected chi connectivity index (χ3v) is 2.69. The van der Waals surface area contributed by atoms with E-state index >= 15 is 0 Å². The maximum atomic E-state index is 13.7. The average Bonchev–Trinajstić information content (AvgIpc) is 2.37. The molecule has 0 aromatic heterocycles. The Morgan fingerprint density at radius 3 is 2.21 bits per heavy atom. The molecule has 0 amide bonds. The predicted octanol–water partition coefficient (Wildman–Crippen LogP) is 4.52. The summed E-state index contributed by atoms with van der Waals surface area (Å²) in [6.07, 6.45) is -4.48. The van der Waals surface area contributed by atoms with Gasteiger partial charge in [0.1, 0.15) is 11.6 Å². The van der Waals surface area contributed by atoms with Crippen LogP contribution in [0.15, 0.2) is 42.5 Å². The van der Waals surface area contributed by atoms with E-state index in [1.165, 1.54) is 31.4 Å². The Morgan fingerprint density at radius 2 is 1.63 bits per heavy atom. The average molecular weight is 270 g/mol. The molecule has 0 atom stereocenters. The van der Waals surface area contributed by atoms with Gasteiger partial charge in [-0.25, -0.2) is 4.39 Å². The Morgan fingerprint density at radius 1 is 0.947 bits per heavy atom. The zero-order valence-corrected chi connectivity index (χ0v) is 9.96. The quantitative estimate of drug-likeness (QED) is 0.729. The van der Waals surface area contributed by atoms with E-state index < -0.39 is 17.6 Å². The van der Waals surface area contributed by atoms with Crippen LogP contribution in [0.2, 0.25) is 0 Å². The number of hydrogen-bond acceptors (Lipinski definition) is 1. The van der Waals surface area contributed by atoms with E-state index in [0.29, 0.717) is 0 Å². The van der Waals surface area contributed by atoms with Gasteiger partial charge in [0.05, 0.1) is 12.7 Å². The third kappa shape index (κ3) is 2.70. The Labute approximate surface area is 107 Å². The lowest BCUT2D eigenvalue weighted by molar-refractivity contribution is -0.137. The minimum atomic E-state index is -4.48. The maximum absolute atomic E-state index is 13.7. The molecule has 2 aromatic rings. The third-order valence-electron chi connectivity index (χ3n) is 2.69. The summed E-state index contributed by atoms with van der Waals surface area (Å²) in [6.45, 7) is 0. The van der Waals surface area contributed by atoms with Gasteiger partial charge in [0.25, 0.3) is 0 Å². The van der Waals surface area contributed by atoms with Crippen molar-refractivity contribution in [2.45, 2.75) is 6.18 Å². The van der Waals surface area contributed by atoms with Gasteiger partial charge < -0.3 is 4.74 Å². The van der Waals surface area contributed by atoms with Crippen molar-refractivity contribution >= 4 is 0 Å². The number of hydrogen-bond donors (Lipinski definition) is 0. The van der Waals surface area contributed by atoms with Gasteiger partial charge in [-0.05, 0) is 24.3 Å². The SMILES string of the molecule is COc1ccc(C(F)(F)F)cc1-c1ccccc1F. The normalized spacial score (nSPS) is 11.4. The van der Waals surface area contributed by atoms with Crippen molar-refractivity contribution in [2.75, 3.05) is 7.11 Å². The number of halogens is 4. The largest absolute Gasteiger partial charge is 0.496 e. The second-order valence-electron chi connectivity index (χ2n) is 3.89. The molecule has 0 saturated heterocycles. The van der Waals surface area contributed by atoms with Gasteiger partial charge in [0.15, 0.2) is 0 Å². The Kier molecular flexibility index (Phi) is 3.46. The van der Waals surface area contributed by atoms with E-state index in [0.717, 1.165) is 12.1 Å². The molecule has 1 nitrogen and oxygen atoms in total. The first-order chi connectivity index (χ1) is 8.93. The second kappa shape index (κ2) is 4.91. The molecule has 2 aromatic carbocycles. The first kappa shape index (κ1) is 13.4. The highest BCUT2D eigenvalue weighted by Gasteiger charge is 2.31. The molecule has 0 spiro atoms. The van der Waals surface area contributed by atoms with Crippen LogP contribution in [0.25, 0.3) is 11.1 Å². The maximum Gasteiger partial charge on any atom is 0.416 e. The molecular formula is C14H10F4O. The summed E-state index contributed by atoms with van der Waals surface area (Å²) in [5, 5.41) is 0. The molecule has 0 heterocycles. The zero-order chi connectivity index (χ0) is 14.0. The highest BCUT2D eigenvalue weighted by Crippen LogP contribution is 2.37. The Bertz CT molecular complexity index is 590. The molecule has 100 valence electrons. The highest BCUT2D eigenvalue weighted by atomic mass is 19.4. The van der Waals surface area contributed by atoms with Crippen molar-refractivity contribution in [1.82, 2.24) is 0 Å². The molecule has 0 unspecified atom stereocenters. The van der Waals surface area contributed by atoms with Crippen LogP contribution in [0.5, 0.6) is 5.75 Å². The summed E-state index contributed by atoms with van der Waals surface area (Å²) >= 11 is 0. The molecule has 19 heavy (non-hydrogen) atoms. The van der Waals surface area contributed by atoms with Crippen molar-refractivity contribution < 1.29 is 22.3 Å². The van der Waals surface area contributed by atoms with Gasteiger partial charge in [0.2, 0.25) is 0 Å². The Hall–Kier alpha value is -2.04. The monoisotopic (exact) mass is 270 g/mol. The summed E-state index contributed by atoms with van der Waals surface area (Å²) in [6, 6.07) is 8.60. The second-order valence-corrected chi connectivity index (χ2v) is 3.89. The molecule has 0 aliphatic carbocycles. The van der Waals surface area contributed by atoms with E-state index in [1.807, 2.05) is 0 Å². The summed E-state index contributed by atoms with van der Waals surface area (Å²) in [5.41, 5.74) is -0.688. The van der Waals surface area contributed by atoms with Crippen molar-refractivity contribution in [3.63, 3.8) is 0 Å². The van der Waals surface area contributed by atoms with Crippen LogP contribution in [-0.2, 0) is 6.18 Å².